The molecule has 1 aromatic rings. The summed E-state index contributed by atoms with van der Waals surface area (Å²) in [5, 5.41) is 4.74. The number of para-hydroxylation sites is 1. The molecule has 3 nitrogen and oxygen atoms in total. The van der Waals surface area contributed by atoms with Gasteiger partial charge in [-0.1, -0.05) is 36.4 Å². The zero-order chi connectivity index (χ0) is 13.6. The number of fused-ring (bicyclic) bond motifs is 1. The van der Waals surface area contributed by atoms with Gasteiger partial charge < -0.3 is 10.1 Å². The summed E-state index contributed by atoms with van der Waals surface area (Å²) in [6, 6.07) is 10.7. The molecule has 0 bridgehead atoms. The Bertz CT molecular complexity index is 449. The second-order valence-electron chi connectivity index (χ2n) is 5.45. The van der Waals surface area contributed by atoms with Crippen molar-refractivity contribution in [1.29, 1.82) is 0 Å². The number of aliphatic imine (C=N–C) groups is 1. The molecule has 0 spiro atoms. The molecule has 3 rings (SSSR count). The second kappa shape index (κ2) is 7.02. The molecule has 0 radical (unpaired) electrons. The Morgan fingerprint density at radius 1 is 1.25 bits per heavy atom. The van der Waals surface area contributed by atoms with Crippen LogP contribution in [0.1, 0.15) is 25.7 Å². The monoisotopic (exact) mass is 290 g/mol. The molecule has 108 valence electrons. The predicted octanol–water partition coefficient (Wildman–Crippen LogP) is 3.32. The third-order valence-corrected chi connectivity index (χ3v) is 5.09. The van der Waals surface area contributed by atoms with Crippen LogP contribution in [0.15, 0.2) is 35.3 Å². The van der Waals surface area contributed by atoms with Crippen LogP contribution in [0.2, 0.25) is 0 Å². The van der Waals surface area contributed by atoms with Gasteiger partial charge in [-0.3, -0.25) is 4.99 Å². The maximum Gasteiger partial charge on any atom is 0.156 e. The van der Waals surface area contributed by atoms with E-state index in [2.05, 4.69) is 10.3 Å². The zero-order valence-electron chi connectivity index (χ0n) is 11.8. The molecule has 1 aliphatic carbocycles. The lowest BCUT2D eigenvalue weighted by atomic mass is 10.1. The number of hydrogen-bond acceptors (Lipinski definition) is 3. The molecule has 20 heavy (non-hydrogen) atoms. The predicted molar refractivity (Wildman–Crippen MR) is 85.6 cm³/mol. The maximum absolute atomic E-state index is 5.67. The molecule has 0 amide bonds. The van der Waals surface area contributed by atoms with Crippen LogP contribution in [-0.4, -0.2) is 30.1 Å². The molecule has 1 N–H and O–H groups in total. The van der Waals surface area contributed by atoms with Crippen LogP contribution < -0.4 is 10.1 Å². The number of ether oxygens (including phenoxy) is 1. The SMILES string of the molecule is c1ccc(OCCCN=C2NC3CCCC3CS2)cc1. The third-order valence-electron chi connectivity index (χ3n) is 3.97. The number of benzene rings is 1. The van der Waals surface area contributed by atoms with Gasteiger partial charge in [-0.05, 0) is 30.9 Å². The van der Waals surface area contributed by atoms with E-state index in [1.54, 1.807) is 0 Å². The first kappa shape index (κ1) is 13.8. The van der Waals surface area contributed by atoms with Gasteiger partial charge >= 0.3 is 0 Å². The Morgan fingerprint density at radius 3 is 3.05 bits per heavy atom. The summed E-state index contributed by atoms with van der Waals surface area (Å²) >= 11 is 1.89. The van der Waals surface area contributed by atoms with E-state index in [0.717, 1.165) is 36.4 Å². The topological polar surface area (TPSA) is 33.6 Å². The number of thioether (sulfide) groups is 1. The molecular formula is C16H22N2OS. The molecule has 0 aromatic heterocycles. The Kier molecular flexibility index (Phi) is 4.85. The van der Waals surface area contributed by atoms with Crippen LogP contribution in [0.5, 0.6) is 5.75 Å². The fourth-order valence-corrected chi connectivity index (χ4v) is 4.04. The molecule has 2 fully saturated rings. The normalized spacial score (nSPS) is 27.1. The molecule has 4 heteroatoms. The summed E-state index contributed by atoms with van der Waals surface area (Å²) in [5.41, 5.74) is 0. The van der Waals surface area contributed by atoms with Crippen LogP contribution in [0.3, 0.4) is 0 Å². The molecule has 1 aromatic carbocycles. The fraction of sp³-hybridized carbons (Fsp3) is 0.562. The van der Waals surface area contributed by atoms with E-state index in [9.17, 15) is 0 Å². The standard InChI is InChI=1S/C16H22N2OS/c1-2-7-14(8-3-1)19-11-5-10-17-16-18-15-9-4-6-13(15)12-20-16/h1-3,7-8,13,15H,4-6,9-12H2,(H,17,18). The minimum absolute atomic E-state index is 0.690. The van der Waals surface area contributed by atoms with E-state index in [0.29, 0.717) is 6.04 Å². The maximum atomic E-state index is 5.67. The van der Waals surface area contributed by atoms with Crippen LogP contribution in [0, 0.1) is 5.92 Å². The van der Waals surface area contributed by atoms with Gasteiger partial charge in [-0.15, -0.1) is 0 Å². The lowest BCUT2D eigenvalue weighted by molar-refractivity contribution is 0.313. The molecule has 2 aliphatic rings. The van der Waals surface area contributed by atoms with Crippen molar-refractivity contribution in [2.45, 2.75) is 31.7 Å². The average molecular weight is 290 g/mol. The van der Waals surface area contributed by atoms with Crippen molar-refractivity contribution >= 4 is 16.9 Å². The Labute approximate surface area is 125 Å². The first-order valence-electron chi connectivity index (χ1n) is 7.53. The lowest BCUT2D eigenvalue weighted by Crippen LogP contribution is -2.41. The van der Waals surface area contributed by atoms with Crippen molar-refractivity contribution in [3.63, 3.8) is 0 Å². The number of rotatable bonds is 5. The summed E-state index contributed by atoms with van der Waals surface area (Å²) in [4.78, 5) is 4.66. The van der Waals surface area contributed by atoms with Crippen LogP contribution >= 0.6 is 11.8 Å². The molecule has 2 atom stereocenters. The lowest BCUT2D eigenvalue weighted by Gasteiger charge is -2.28. The highest BCUT2D eigenvalue weighted by Crippen LogP contribution is 2.32. The van der Waals surface area contributed by atoms with Gasteiger partial charge in [0.2, 0.25) is 0 Å². The molecular weight excluding hydrogens is 268 g/mol. The van der Waals surface area contributed by atoms with Crippen molar-refractivity contribution in [2.24, 2.45) is 10.9 Å². The molecule has 2 unspecified atom stereocenters. The van der Waals surface area contributed by atoms with E-state index in [4.69, 9.17) is 4.74 Å². The van der Waals surface area contributed by atoms with Crippen molar-refractivity contribution in [3.05, 3.63) is 30.3 Å². The van der Waals surface area contributed by atoms with Gasteiger partial charge in [0, 0.05) is 24.8 Å². The van der Waals surface area contributed by atoms with Gasteiger partial charge in [0.25, 0.3) is 0 Å². The van der Waals surface area contributed by atoms with Gasteiger partial charge in [0.1, 0.15) is 5.75 Å². The van der Waals surface area contributed by atoms with Gasteiger partial charge in [-0.2, -0.15) is 0 Å². The third kappa shape index (κ3) is 3.69. The molecule has 1 aliphatic heterocycles. The molecule has 1 heterocycles. The van der Waals surface area contributed by atoms with Crippen LogP contribution in [0.25, 0.3) is 0 Å². The Hall–Kier alpha value is -1.16. The van der Waals surface area contributed by atoms with E-state index in [-0.39, 0.29) is 0 Å². The smallest absolute Gasteiger partial charge is 0.156 e. The van der Waals surface area contributed by atoms with Gasteiger partial charge in [-0.25, -0.2) is 0 Å². The minimum atomic E-state index is 0.690. The van der Waals surface area contributed by atoms with Gasteiger partial charge in [0.05, 0.1) is 6.61 Å². The van der Waals surface area contributed by atoms with E-state index in [1.807, 2.05) is 42.1 Å². The number of nitrogens with one attached hydrogen (secondary N) is 1. The van der Waals surface area contributed by atoms with Gasteiger partial charge in [0.15, 0.2) is 5.17 Å². The van der Waals surface area contributed by atoms with E-state index >= 15 is 0 Å². The highest BCUT2D eigenvalue weighted by Gasteiger charge is 2.31. The van der Waals surface area contributed by atoms with Crippen LogP contribution in [0.4, 0.5) is 0 Å². The molecule has 1 saturated heterocycles. The second-order valence-corrected chi connectivity index (χ2v) is 6.46. The number of nitrogens with zero attached hydrogens (tertiary/aromatic N) is 1. The van der Waals surface area contributed by atoms with Crippen LogP contribution in [-0.2, 0) is 0 Å². The summed E-state index contributed by atoms with van der Waals surface area (Å²) in [6.45, 7) is 1.58. The Morgan fingerprint density at radius 2 is 2.15 bits per heavy atom. The van der Waals surface area contributed by atoms with E-state index in [1.165, 1.54) is 25.0 Å². The summed E-state index contributed by atoms with van der Waals surface area (Å²) < 4.78 is 5.67. The number of hydrogen-bond donors (Lipinski definition) is 1. The zero-order valence-corrected chi connectivity index (χ0v) is 12.6. The number of amidine groups is 1. The largest absolute Gasteiger partial charge is 0.494 e. The Balaban J connectivity index is 1.36. The summed E-state index contributed by atoms with van der Waals surface area (Å²) in [6.07, 6.45) is 5.06. The summed E-state index contributed by atoms with van der Waals surface area (Å²) in [5.74, 6) is 3.07. The summed E-state index contributed by atoms with van der Waals surface area (Å²) in [7, 11) is 0. The van der Waals surface area contributed by atoms with Crippen molar-refractivity contribution in [3.8, 4) is 5.75 Å². The average Bonchev–Trinajstić information content (AvgIpc) is 2.95. The highest BCUT2D eigenvalue weighted by atomic mass is 32.2. The van der Waals surface area contributed by atoms with Crippen molar-refractivity contribution < 1.29 is 4.74 Å². The highest BCUT2D eigenvalue weighted by molar-refractivity contribution is 8.13. The first-order valence-corrected chi connectivity index (χ1v) is 8.52. The fourth-order valence-electron chi connectivity index (χ4n) is 2.86. The quantitative estimate of drug-likeness (QED) is 0.845. The van der Waals surface area contributed by atoms with Crippen molar-refractivity contribution in [1.82, 2.24) is 5.32 Å². The van der Waals surface area contributed by atoms with Crippen molar-refractivity contribution in [2.75, 3.05) is 18.9 Å². The molecule has 1 saturated carbocycles. The van der Waals surface area contributed by atoms with E-state index < -0.39 is 0 Å². The minimum Gasteiger partial charge on any atom is -0.494 e. The first-order chi connectivity index (χ1) is 9.92.